The van der Waals surface area contributed by atoms with Crippen molar-refractivity contribution in [1.29, 1.82) is 0 Å². The molecule has 1 aromatic rings. The summed E-state index contributed by atoms with van der Waals surface area (Å²) in [5.41, 5.74) is 0. The fraction of sp³-hybridized carbons (Fsp3) is 0.500. The lowest BCUT2D eigenvalue weighted by Gasteiger charge is -1.95. The first-order valence-electron chi connectivity index (χ1n) is 3.02. The Balaban J connectivity index is 2.81. The first-order valence-corrected chi connectivity index (χ1v) is 4.03. The molecule has 0 aromatic carbocycles. The predicted molar refractivity (Wildman–Crippen MR) is 45.8 cm³/mol. The highest BCUT2D eigenvalue weighted by Gasteiger charge is 2.00. The Morgan fingerprint density at radius 3 is 2.90 bits per heavy atom. The van der Waals surface area contributed by atoms with Crippen LogP contribution in [-0.4, -0.2) is 15.3 Å². The molecule has 10 heavy (non-hydrogen) atoms. The van der Waals surface area contributed by atoms with Gasteiger partial charge in [0.2, 0.25) is 0 Å². The van der Waals surface area contributed by atoms with Crippen molar-refractivity contribution in [2.45, 2.75) is 6.42 Å². The van der Waals surface area contributed by atoms with E-state index in [1.54, 1.807) is 6.20 Å². The fourth-order valence-corrected chi connectivity index (χ4v) is 1.24. The molecule has 0 aliphatic heterocycles. The number of hydrogen-bond acceptors (Lipinski definition) is 2. The van der Waals surface area contributed by atoms with Crippen LogP contribution in [-0.2, 0) is 13.5 Å². The van der Waals surface area contributed by atoms with E-state index < -0.39 is 0 Å². The van der Waals surface area contributed by atoms with Crippen LogP contribution in [0, 0.1) is 0 Å². The number of aryl methyl sites for hydroxylation is 2. The number of imidazole rings is 1. The molecule has 1 rings (SSSR count). The van der Waals surface area contributed by atoms with Crippen LogP contribution in [0.4, 0.5) is 0 Å². The second-order valence-corrected chi connectivity index (χ2v) is 2.90. The van der Waals surface area contributed by atoms with Crippen LogP contribution in [0.2, 0.25) is 5.15 Å². The fourth-order valence-electron chi connectivity index (χ4n) is 0.798. The van der Waals surface area contributed by atoms with Crippen molar-refractivity contribution in [1.82, 2.24) is 9.55 Å². The summed E-state index contributed by atoms with van der Waals surface area (Å²) in [6.07, 6.45) is 2.66. The van der Waals surface area contributed by atoms with Crippen molar-refractivity contribution >= 4 is 24.2 Å². The minimum atomic E-state index is 0.555. The molecule has 0 atom stereocenters. The average Bonchev–Trinajstić information content (AvgIpc) is 2.13. The lowest BCUT2D eigenvalue weighted by Crippen LogP contribution is -1.97. The standard InChI is InChI=1S/C6H9ClN2S/c1-9-4-5(7)8-6(9)2-3-10/h4,10H,2-3H2,1H3. The Morgan fingerprint density at radius 1 is 1.80 bits per heavy atom. The molecule has 0 aliphatic rings. The van der Waals surface area contributed by atoms with Crippen LogP contribution < -0.4 is 0 Å². The molecule has 0 radical (unpaired) electrons. The third kappa shape index (κ3) is 1.67. The van der Waals surface area contributed by atoms with Gasteiger partial charge in [-0.25, -0.2) is 4.98 Å². The molecule has 0 fully saturated rings. The van der Waals surface area contributed by atoms with Gasteiger partial charge in [0.05, 0.1) is 0 Å². The maximum Gasteiger partial charge on any atom is 0.147 e. The largest absolute Gasteiger partial charge is 0.336 e. The second kappa shape index (κ2) is 3.30. The van der Waals surface area contributed by atoms with Gasteiger partial charge >= 0.3 is 0 Å². The van der Waals surface area contributed by atoms with Crippen molar-refractivity contribution in [2.24, 2.45) is 7.05 Å². The van der Waals surface area contributed by atoms with Gasteiger partial charge in [0, 0.05) is 19.7 Å². The summed E-state index contributed by atoms with van der Waals surface area (Å²) in [5.74, 6) is 1.79. The molecule has 0 unspecified atom stereocenters. The van der Waals surface area contributed by atoms with Gasteiger partial charge in [-0.1, -0.05) is 11.6 Å². The molecule has 0 saturated heterocycles. The number of rotatable bonds is 2. The van der Waals surface area contributed by atoms with Gasteiger partial charge in [0.25, 0.3) is 0 Å². The van der Waals surface area contributed by atoms with E-state index in [9.17, 15) is 0 Å². The van der Waals surface area contributed by atoms with E-state index in [4.69, 9.17) is 11.6 Å². The maximum absolute atomic E-state index is 5.64. The zero-order valence-corrected chi connectivity index (χ0v) is 7.36. The van der Waals surface area contributed by atoms with Crippen LogP contribution in [0.15, 0.2) is 6.20 Å². The SMILES string of the molecule is Cn1cc(Cl)nc1CCS. The van der Waals surface area contributed by atoms with Crippen LogP contribution in [0.25, 0.3) is 0 Å². The molecular weight excluding hydrogens is 168 g/mol. The topological polar surface area (TPSA) is 17.8 Å². The molecule has 0 saturated carbocycles. The molecule has 0 spiro atoms. The normalized spacial score (nSPS) is 10.3. The van der Waals surface area contributed by atoms with Crippen LogP contribution in [0.5, 0.6) is 0 Å². The third-order valence-electron chi connectivity index (χ3n) is 1.28. The summed E-state index contributed by atoms with van der Waals surface area (Å²) in [6, 6.07) is 0. The molecule has 56 valence electrons. The number of thiol groups is 1. The minimum absolute atomic E-state index is 0.555. The van der Waals surface area contributed by atoms with E-state index in [0.29, 0.717) is 5.15 Å². The second-order valence-electron chi connectivity index (χ2n) is 2.06. The summed E-state index contributed by atoms with van der Waals surface area (Å²) in [4.78, 5) is 4.08. The van der Waals surface area contributed by atoms with Crippen molar-refractivity contribution < 1.29 is 0 Å². The molecule has 4 heteroatoms. The Hall–Kier alpha value is -0.150. The van der Waals surface area contributed by atoms with Gasteiger partial charge in [-0.15, -0.1) is 0 Å². The molecule has 1 aromatic heterocycles. The number of nitrogens with zero attached hydrogens (tertiary/aromatic N) is 2. The zero-order valence-electron chi connectivity index (χ0n) is 5.71. The van der Waals surface area contributed by atoms with Gasteiger partial charge in [0.1, 0.15) is 11.0 Å². The monoisotopic (exact) mass is 176 g/mol. The van der Waals surface area contributed by atoms with Crippen LogP contribution in [0.1, 0.15) is 5.82 Å². The summed E-state index contributed by atoms with van der Waals surface area (Å²) in [6.45, 7) is 0. The first kappa shape index (κ1) is 7.95. The van der Waals surface area contributed by atoms with Gasteiger partial charge in [-0.05, 0) is 5.75 Å². The Bertz CT molecular complexity index is 222. The lowest BCUT2D eigenvalue weighted by molar-refractivity contribution is 0.812. The molecule has 0 bridgehead atoms. The Morgan fingerprint density at radius 2 is 2.50 bits per heavy atom. The summed E-state index contributed by atoms with van der Waals surface area (Å²) in [5, 5.41) is 0.555. The summed E-state index contributed by atoms with van der Waals surface area (Å²) >= 11 is 9.74. The van der Waals surface area contributed by atoms with Crippen molar-refractivity contribution in [3.63, 3.8) is 0 Å². The quantitative estimate of drug-likeness (QED) is 0.677. The van der Waals surface area contributed by atoms with Gasteiger partial charge < -0.3 is 4.57 Å². The molecule has 2 nitrogen and oxygen atoms in total. The average molecular weight is 177 g/mol. The van der Waals surface area contributed by atoms with Gasteiger partial charge in [-0.3, -0.25) is 0 Å². The Kier molecular flexibility index (Phi) is 2.63. The molecule has 0 N–H and O–H groups in total. The van der Waals surface area contributed by atoms with E-state index in [-0.39, 0.29) is 0 Å². The van der Waals surface area contributed by atoms with Gasteiger partial charge in [0.15, 0.2) is 0 Å². The van der Waals surface area contributed by atoms with E-state index in [0.717, 1.165) is 18.0 Å². The Labute approximate surface area is 70.6 Å². The van der Waals surface area contributed by atoms with Crippen molar-refractivity contribution in [2.75, 3.05) is 5.75 Å². The van der Waals surface area contributed by atoms with Gasteiger partial charge in [-0.2, -0.15) is 12.6 Å². The van der Waals surface area contributed by atoms with E-state index in [1.807, 2.05) is 11.6 Å². The van der Waals surface area contributed by atoms with E-state index in [1.165, 1.54) is 0 Å². The highest BCUT2D eigenvalue weighted by atomic mass is 35.5. The van der Waals surface area contributed by atoms with Crippen molar-refractivity contribution in [3.8, 4) is 0 Å². The number of halogens is 1. The lowest BCUT2D eigenvalue weighted by atomic mass is 10.4. The summed E-state index contributed by atoms with van der Waals surface area (Å²) in [7, 11) is 1.93. The summed E-state index contributed by atoms with van der Waals surface area (Å²) < 4.78 is 1.92. The third-order valence-corrected chi connectivity index (χ3v) is 1.68. The molecule has 1 heterocycles. The smallest absolute Gasteiger partial charge is 0.147 e. The molecule has 0 amide bonds. The zero-order chi connectivity index (χ0) is 7.56. The maximum atomic E-state index is 5.64. The van der Waals surface area contributed by atoms with E-state index >= 15 is 0 Å². The highest BCUT2D eigenvalue weighted by molar-refractivity contribution is 7.80. The molecule has 0 aliphatic carbocycles. The molecular formula is C6H9ClN2S. The van der Waals surface area contributed by atoms with Crippen LogP contribution in [0.3, 0.4) is 0 Å². The van der Waals surface area contributed by atoms with Crippen molar-refractivity contribution in [3.05, 3.63) is 17.2 Å². The highest BCUT2D eigenvalue weighted by Crippen LogP contribution is 2.07. The first-order chi connectivity index (χ1) is 4.74. The van der Waals surface area contributed by atoms with E-state index in [2.05, 4.69) is 17.6 Å². The minimum Gasteiger partial charge on any atom is -0.336 e. The number of hydrogen-bond donors (Lipinski definition) is 1. The predicted octanol–water partition coefficient (Wildman–Crippen LogP) is 1.55. The number of aromatic nitrogens is 2. The van der Waals surface area contributed by atoms with Crippen LogP contribution >= 0.6 is 24.2 Å².